The van der Waals surface area contributed by atoms with E-state index in [0.29, 0.717) is 23.3 Å². The molecule has 36 heavy (non-hydrogen) atoms. The van der Waals surface area contributed by atoms with Gasteiger partial charge in [-0.25, -0.2) is 0 Å². The Morgan fingerprint density at radius 2 is 1.22 bits per heavy atom. The van der Waals surface area contributed by atoms with E-state index in [2.05, 4.69) is 85.8 Å². The van der Waals surface area contributed by atoms with Gasteiger partial charge >= 0.3 is 0 Å². The molecule has 0 aliphatic heterocycles. The third-order valence-electron chi connectivity index (χ3n) is 8.24. The molecule has 5 rings (SSSR count). The average molecular weight is 477 g/mol. The van der Waals surface area contributed by atoms with Gasteiger partial charge in [0.15, 0.2) is 0 Å². The molecule has 0 amide bonds. The summed E-state index contributed by atoms with van der Waals surface area (Å²) >= 11 is 0. The molecule has 1 aliphatic carbocycles. The monoisotopic (exact) mass is 476 g/mol. The first kappa shape index (κ1) is 24.2. The highest BCUT2D eigenvalue weighted by atomic mass is 16.3. The Morgan fingerprint density at radius 1 is 0.667 bits per heavy atom. The zero-order chi connectivity index (χ0) is 25.4. The summed E-state index contributed by atoms with van der Waals surface area (Å²) in [5, 5.41) is 21.5. The van der Waals surface area contributed by atoms with Crippen molar-refractivity contribution >= 4 is 0 Å². The molecule has 0 heterocycles. The zero-order valence-corrected chi connectivity index (χ0v) is 21.8. The molecule has 1 aliphatic rings. The summed E-state index contributed by atoms with van der Waals surface area (Å²) in [5.74, 6) is 1.67. The molecular weight excluding hydrogens is 440 g/mol. The fourth-order valence-corrected chi connectivity index (χ4v) is 6.48. The molecule has 0 saturated heterocycles. The van der Waals surface area contributed by atoms with Gasteiger partial charge in [0.05, 0.1) is 0 Å². The van der Waals surface area contributed by atoms with E-state index >= 15 is 0 Å². The van der Waals surface area contributed by atoms with Crippen LogP contribution in [0, 0.1) is 33.6 Å². The van der Waals surface area contributed by atoms with Gasteiger partial charge in [0.25, 0.3) is 0 Å². The largest absolute Gasteiger partial charge is 0.507 e. The van der Waals surface area contributed by atoms with Crippen LogP contribution in [0.5, 0.6) is 11.5 Å². The molecule has 2 N–H and O–H groups in total. The second-order valence-electron chi connectivity index (χ2n) is 10.6. The van der Waals surface area contributed by atoms with Gasteiger partial charge < -0.3 is 10.2 Å². The summed E-state index contributed by atoms with van der Waals surface area (Å²) < 4.78 is 0. The zero-order valence-electron chi connectivity index (χ0n) is 21.8. The maximum Gasteiger partial charge on any atom is 0.121 e. The molecule has 184 valence electrons. The number of aromatic hydroxyl groups is 2. The van der Waals surface area contributed by atoms with Crippen LogP contribution in [0.25, 0.3) is 0 Å². The van der Waals surface area contributed by atoms with Crippen molar-refractivity contribution < 1.29 is 10.2 Å². The van der Waals surface area contributed by atoms with Gasteiger partial charge in [-0.05, 0) is 109 Å². The molecule has 3 unspecified atom stereocenters. The standard InChI is InChI=1S/C34H36O2/c1-21-17-27(18-22(2)33(21)35)32-30(20-26-13-9-6-10-14-26)28(16-15-25-11-7-5-8-12-25)29-19-23(3)34(36)24(4)31(29)32/h5-14,17-19,28,30,32,35-36H,15-16,20H2,1-4H3. The topological polar surface area (TPSA) is 40.5 Å². The number of aryl methyl sites for hydroxylation is 4. The summed E-state index contributed by atoms with van der Waals surface area (Å²) in [6.07, 6.45) is 3.05. The van der Waals surface area contributed by atoms with E-state index in [9.17, 15) is 10.2 Å². The van der Waals surface area contributed by atoms with Crippen LogP contribution in [0.15, 0.2) is 78.9 Å². The van der Waals surface area contributed by atoms with Crippen LogP contribution >= 0.6 is 0 Å². The van der Waals surface area contributed by atoms with Gasteiger partial charge in [-0.2, -0.15) is 0 Å². The van der Waals surface area contributed by atoms with Crippen LogP contribution in [0.4, 0.5) is 0 Å². The maximum absolute atomic E-state index is 11.0. The highest BCUT2D eigenvalue weighted by Gasteiger charge is 2.43. The molecule has 4 aromatic rings. The van der Waals surface area contributed by atoms with E-state index < -0.39 is 0 Å². The predicted octanol–water partition coefficient (Wildman–Crippen LogP) is 8.05. The van der Waals surface area contributed by atoms with Crippen LogP contribution in [0.2, 0.25) is 0 Å². The van der Waals surface area contributed by atoms with Gasteiger partial charge in [0.2, 0.25) is 0 Å². The molecular formula is C34H36O2. The van der Waals surface area contributed by atoms with Crippen LogP contribution in [0.1, 0.15) is 68.3 Å². The summed E-state index contributed by atoms with van der Waals surface area (Å²) in [4.78, 5) is 0. The Hall–Kier alpha value is -3.52. The van der Waals surface area contributed by atoms with Gasteiger partial charge in [0, 0.05) is 5.92 Å². The number of hydrogen-bond acceptors (Lipinski definition) is 2. The first-order chi connectivity index (χ1) is 17.3. The Balaban J connectivity index is 1.67. The van der Waals surface area contributed by atoms with E-state index in [1.165, 1.54) is 27.8 Å². The quantitative estimate of drug-likeness (QED) is 0.295. The fourth-order valence-electron chi connectivity index (χ4n) is 6.48. The van der Waals surface area contributed by atoms with Crippen molar-refractivity contribution in [2.75, 3.05) is 0 Å². The van der Waals surface area contributed by atoms with Crippen molar-refractivity contribution in [2.24, 2.45) is 5.92 Å². The average Bonchev–Trinajstić information content (AvgIpc) is 3.18. The van der Waals surface area contributed by atoms with Gasteiger partial charge in [-0.1, -0.05) is 78.9 Å². The van der Waals surface area contributed by atoms with Crippen LogP contribution in [-0.4, -0.2) is 10.2 Å². The lowest BCUT2D eigenvalue weighted by atomic mass is 9.76. The van der Waals surface area contributed by atoms with Crippen molar-refractivity contribution in [3.05, 3.63) is 129 Å². The van der Waals surface area contributed by atoms with Crippen molar-refractivity contribution in [3.8, 4) is 11.5 Å². The molecule has 2 nitrogen and oxygen atoms in total. The Bertz CT molecular complexity index is 1350. The number of fused-ring (bicyclic) bond motifs is 1. The Morgan fingerprint density at radius 3 is 1.83 bits per heavy atom. The molecule has 0 aromatic heterocycles. The lowest BCUT2D eigenvalue weighted by Crippen LogP contribution is -2.18. The Labute approximate surface area is 215 Å². The molecule has 0 bridgehead atoms. The number of benzene rings is 4. The van der Waals surface area contributed by atoms with Gasteiger partial charge in [-0.15, -0.1) is 0 Å². The number of phenolic OH excluding ortho intramolecular Hbond substituents is 2. The normalized spacial score (nSPS) is 18.8. The van der Waals surface area contributed by atoms with Crippen molar-refractivity contribution in [1.82, 2.24) is 0 Å². The summed E-state index contributed by atoms with van der Waals surface area (Å²) in [7, 11) is 0. The fraction of sp³-hybridized carbons (Fsp3) is 0.294. The number of phenols is 2. The maximum atomic E-state index is 11.0. The SMILES string of the molecule is Cc1cc(C2c3c(cc(C)c(O)c3C)C(CCc3ccccc3)C2Cc2ccccc2)cc(C)c1O. The highest BCUT2D eigenvalue weighted by Crippen LogP contribution is 2.56. The van der Waals surface area contributed by atoms with E-state index in [-0.39, 0.29) is 5.92 Å². The van der Waals surface area contributed by atoms with Crippen LogP contribution in [-0.2, 0) is 12.8 Å². The molecule has 0 radical (unpaired) electrons. The minimum atomic E-state index is 0.158. The minimum Gasteiger partial charge on any atom is -0.507 e. The van der Waals surface area contributed by atoms with E-state index in [1.807, 2.05) is 20.8 Å². The summed E-state index contributed by atoms with van der Waals surface area (Å²) in [6, 6.07) is 28.1. The lowest BCUT2D eigenvalue weighted by Gasteiger charge is -2.27. The first-order valence-electron chi connectivity index (χ1n) is 13.1. The Kier molecular flexibility index (Phi) is 6.62. The first-order valence-corrected chi connectivity index (χ1v) is 13.1. The van der Waals surface area contributed by atoms with Crippen molar-refractivity contribution in [3.63, 3.8) is 0 Å². The van der Waals surface area contributed by atoms with Gasteiger partial charge in [0.1, 0.15) is 11.5 Å². The molecule has 0 spiro atoms. The van der Waals surface area contributed by atoms with Crippen molar-refractivity contribution in [1.29, 1.82) is 0 Å². The van der Waals surface area contributed by atoms with Crippen LogP contribution < -0.4 is 0 Å². The molecule has 4 aromatic carbocycles. The molecule has 0 fully saturated rings. The van der Waals surface area contributed by atoms with E-state index in [4.69, 9.17) is 0 Å². The lowest BCUT2D eigenvalue weighted by molar-refractivity contribution is 0.397. The second kappa shape index (κ2) is 9.85. The molecule has 2 heteroatoms. The second-order valence-corrected chi connectivity index (χ2v) is 10.6. The van der Waals surface area contributed by atoms with E-state index in [0.717, 1.165) is 41.5 Å². The summed E-state index contributed by atoms with van der Waals surface area (Å²) in [6.45, 7) is 8.07. The number of hydrogen-bond donors (Lipinski definition) is 2. The smallest absolute Gasteiger partial charge is 0.121 e. The third-order valence-corrected chi connectivity index (χ3v) is 8.24. The van der Waals surface area contributed by atoms with Crippen LogP contribution in [0.3, 0.4) is 0 Å². The van der Waals surface area contributed by atoms with E-state index in [1.54, 1.807) is 0 Å². The summed E-state index contributed by atoms with van der Waals surface area (Å²) in [5.41, 5.74) is 10.4. The highest BCUT2D eigenvalue weighted by molar-refractivity contribution is 5.59. The number of rotatable bonds is 6. The molecule has 3 atom stereocenters. The molecule has 0 saturated carbocycles. The minimum absolute atomic E-state index is 0.158. The van der Waals surface area contributed by atoms with Gasteiger partial charge in [-0.3, -0.25) is 0 Å². The third kappa shape index (κ3) is 4.41. The van der Waals surface area contributed by atoms with Crippen molar-refractivity contribution in [2.45, 2.75) is 58.8 Å². The predicted molar refractivity (Wildman–Crippen MR) is 148 cm³/mol.